The summed E-state index contributed by atoms with van der Waals surface area (Å²) in [6.45, 7) is 3.31. The summed E-state index contributed by atoms with van der Waals surface area (Å²) in [5.74, 6) is -0.244. The number of amides is 1. The van der Waals surface area contributed by atoms with E-state index in [2.05, 4.69) is 0 Å². The average Bonchev–Trinajstić information content (AvgIpc) is 2.37. The first-order chi connectivity index (χ1) is 8.78. The first-order valence-corrected chi connectivity index (χ1v) is 8.20. The summed E-state index contributed by atoms with van der Waals surface area (Å²) in [7, 11) is -1.53. The van der Waals surface area contributed by atoms with E-state index in [1.807, 2.05) is 0 Å². The van der Waals surface area contributed by atoms with Crippen molar-refractivity contribution in [3.63, 3.8) is 0 Å². The lowest BCUT2D eigenvalue weighted by molar-refractivity contribution is 0.0757. The van der Waals surface area contributed by atoms with Crippen LogP contribution in [-0.2, 0) is 9.84 Å². The Morgan fingerprint density at radius 2 is 1.95 bits per heavy atom. The molecule has 0 aliphatic heterocycles. The third kappa shape index (κ3) is 4.21. The molecule has 0 bridgehead atoms. The van der Waals surface area contributed by atoms with Crippen LogP contribution in [0.5, 0.6) is 0 Å². The van der Waals surface area contributed by atoms with Crippen molar-refractivity contribution in [3.8, 4) is 0 Å². The normalized spacial score (nSPS) is 13.1. The molecule has 0 aromatic heterocycles. The molecule has 0 spiro atoms. The van der Waals surface area contributed by atoms with Gasteiger partial charge in [-0.25, -0.2) is 8.42 Å². The second kappa shape index (κ2) is 6.39. The Balaban J connectivity index is 2.86. The topological polar surface area (TPSA) is 54.5 Å². The molecular weight excluding hydrogens is 286 g/mol. The van der Waals surface area contributed by atoms with Gasteiger partial charge >= 0.3 is 0 Å². The third-order valence-electron chi connectivity index (χ3n) is 3.02. The van der Waals surface area contributed by atoms with Gasteiger partial charge < -0.3 is 4.90 Å². The fourth-order valence-corrected chi connectivity index (χ4v) is 3.03. The van der Waals surface area contributed by atoms with E-state index in [1.165, 1.54) is 4.90 Å². The molecule has 0 N–H and O–H groups in total. The van der Waals surface area contributed by atoms with E-state index in [9.17, 15) is 13.2 Å². The maximum absolute atomic E-state index is 12.2. The lowest BCUT2D eigenvalue weighted by atomic mass is 10.2. The van der Waals surface area contributed by atoms with E-state index in [0.29, 0.717) is 10.6 Å². The fraction of sp³-hybridized carbons (Fsp3) is 0.462. The van der Waals surface area contributed by atoms with Crippen molar-refractivity contribution in [3.05, 3.63) is 34.9 Å². The van der Waals surface area contributed by atoms with Crippen molar-refractivity contribution < 1.29 is 13.2 Å². The van der Waals surface area contributed by atoms with Crippen molar-refractivity contribution in [1.82, 2.24) is 4.90 Å². The summed E-state index contributed by atoms with van der Waals surface area (Å²) in [4.78, 5) is 13.6. The average molecular weight is 304 g/mol. The Kier molecular flexibility index (Phi) is 5.38. The van der Waals surface area contributed by atoms with Crippen molar-refractivity contribution in [1.29, 1.82) is 0 Å². The van der Waals surface area contributed by atoms with E-state index < -0.39 is 15.9 Å². The molecule has 1 amide bonds. The zero-order valence-electron chi connectivity index (χ0n) is 11.3. The Bertz CT molecular complexity index is 557. The van der Waals surface area contributed by atoms with Gasteiger partial charge in [0.2, 0.25) is 0 Å². The number of benzene rings is 1. The van der Waals surface area contributed by atoms with Gasteiger partial charge in [0.15, 0.2) is 9.84 Å². The first kappa shape index (κ1) is 16.0. The number of carbonyl (C=O) groups excluding carboxylic acids is 1. The van der Waals surface area contributed by atoms with Gasteiger partial charge in [-0.2, -0.15) is 0 Å². The molecule has 19 heavy (non-hydrogen) atoms. The molecule has 1 aromatic carbocycles. The minimum atomic E-state index is -3.12. The summed E-state index contributed by atoms with van der Waals surface area (Å²) >= 11 is 5.96. The quantitative estimate of drug-likeness (QED) is 0.838. The predicted octanol–water partition coefficient (Wildman–Crippen LogP) is 2.24. The summed E-state index contributed by atoms with van der Waals surface area (Å²) in [6.07, 6.45) is 0. The minimum Gasteiger partial charge on any atom is -0.338 e. The molecule has 0 heterocycles. The third-order valence-corrected chi connectivity index (χ3v) is 5.22. The second-order valence-electron chi connectivity index (χ2n) is 4.44. The zero-order chi connectivity index (χ0) is 14.6. The molecule has 0 fully saturated rings. The van der Waals surface area contributed by atoms with Crippen LogP contribution in [0.1, 0.15) is 24.2 Å². The lowest BCUT2D eigenvalue weighted by Crippen LogP contribution is -2.39. The van der Waals surface area contributed by atoms with Crippen molar-refractivity contribution >= 4 is 27.3 Å². The molecule has 0 radical (unpaired) electrons. The van der Waals surface area contributed by atoms with Gasteiger partial charge in [0.25, 0.3) is 5.91 Å². The molecule has 0 aliphatic carbocycles. The standard InChI is InChI=1S/C13H18ClNO3S/c1-4-19(17,18)9-10(2)15(3)13(16)11-7-5-6-8-12(11)14/h5-8,10H,4,9H2,1-3H3. The van der Waals surface area contributed by atoms with Gasteiger partial charge in [-0.1, -0.05) is 30.7 Å². The Hall–Kier alpha value is -1.07. The molecule has 0 aliphatic rings. The van der Waals surface area contributed by atoms with Gasteiger partial charge in [-0.05, 0) is 19.1 Å². The van der Waals surface area contributed by atoms with Crippen molar-refractivity contribution in [2.75, 3.05) is 18.6 Å². The Morgan fingerprint density at radius 1 is 1.37 bits per heavy atom. The SMILES string of the molecule is CCS(=O)(=O)CC(C)N(C)C(=O)c1ccccc1Cl. The number of rotatable bonds is 5. The maximum Gasteiger partial charge on any atom is 0.255 e. The molecular formula is C13H18ClNO3S. The zero-order valence-corrected chi connectivity index (χ0v) is 12.8. The minimum absolute atomic E-state index is 0.0454. The summed E-state index contributed by atoms with van der Waals surface area (Å²) in [5.41, 5.74) is 0.382. The van der Waals surface area contributed by atoms with Gasteiger partial charge in [0, 0.05) is 18.8 Å². The van der Waals surface area contributed by atoms with Gasteiger partial charge in [0.05, 0.1) is 16.3 Å². The van der Waals surface area contributed by atoms with Gasteiger partial charge in [-0.3, -0.25) is 4.79 Å². The number of carbonyl (C=O) groups is 1. The molecule has 4 nitrogen and oxygen atoms in total. The van der Waals surface area contributed by atoms with E-state index in [4.69, 9.17) is 11.6 Å². The number of nitrogens with zero attached hydrogens (tertiary/aromatic N) is 1. The highest BCUT2D eigenvalue weighted by molar-refractivity contribution is 7.91. The van der Waals surface area contributed by atoms with Crippen LogP contribution in [0.2, 0.25) is 5.02 Å². The molecule has 6 heteroatoms. The van der Waals surface area contributed by atoms with Crippen LogP contribution in [-0.4, -0.2) is 43.8 Å². The van der Waals surface area contributed by atoms with Crippen LogP contribution < -0.4 is 0 Å². The van der Waals surface area contributed by atoms with Gasteiger partial charge in [-0.15, -0.1) is 0 Å². The van der Waals surface area contributed by atoms with E-state index in [1.54, 1.807) is 45.2 Å². The highest BCUT2D eigenvalue weighted by Gasteiger charge is 2.23. The van der Waals surface area contributed by atoms with Crippen LogP contribution >= 0.6 is 11.6 Å². The molecule has 0 saturated carbocycles. The van der Waals surface area contributed by atoms with E-state index in [0.717, 1.165) is 0 Å². The smallest absolute Gasteiger partial charge is 0.255 e. The lowest BCUT2D eigenvalue weighted by Gasteiger charge is -2.25. The number of hydrogen-bond acceptors (Lipinski definition) is 3. The van der Waals surface area contributed by atoms with E-state index in [-0.39, 0.29) is 17.4 Å². The predicted molar refractivity (Wildman–Crippen MR) is 77.3 cm³/mol. The summed E-state index contributed by atoms with van der Waals surface area (Å²) < 4.78 is 23.2. The van der Waals surface area contributed by atoms with Crippen LogP contribution in [0.4, 0.5) is 0 Å². The summed E-state index contributed by atoms with van der Waals surface area (Å²) in [6, 6.07) is 6.33. The summed E-state index contributed by atoms with van der Waals surface area (Å²) in [5, 5.41) is 0.366. The second-order valence-corrected chi connectivity index (χ2v) is 7.25. The monoisotopic (exact) mass is 303 g/mol. The number of hydrogen-bond donors (Lipinski definition) is 0. The van der Waals surface area contributed by atoms with Crippen molar-refractivity contribution in [2.24, 2.45) is 0 Å². The Labute approximate surface area is 119 Å². The Morgan fingerprint density at radius 3 is 2.47 bits per heavy atom. The molecule has 1 unspecified atom stereocenters. The van der Waals surface area contributed by atoms with Crippen LogP contribution in [0.25, 0.3) is 0 Å². The van der Waals surface area contributed by atoms with Crippen LogP contribution in [0.3, 0.4) is 0 Å². The molecule has 1 rings (SSSR count). The number of halogens is 1. The van der Waals surface area contributed by atoms with Crippen LogP contribution in [0, 0.1) is 0 Å². The molecule has 1 atom stereocenters. The molecule has 1 aromatic rings. The van der Waals surface area contributed by atoms with Crippen LogP contribution in [0.15, 0.2) is 24.3 Å². The highest BCUT2D eigenvalue weighted by atomic mass is 35.5. The fourth-order valence-electron chi connectivity index (χ4n) is 1.62. The van der Waals surface area contributed by atoms with E-state index >= 15 is 0 Å². The highest BCUT2D eigenvalue weighted by Crippen LogP contribution is 2.17. The molecule has 0 saturated heterocycles. The number of sulfone groups is 1. The molecule has 106 valence electrons. The maximum atomic E-state index is 12.2. The first-order valence-electron chi connectivity index (χ1n) is 6.00. The van der Waals surface area contributed by atoms with Crippen molar-refractivity contribution in [2.45, 2.75) is 19.9 Å². The van der Waals surface area contributed by atoms with Gasteiger partial charge in [0.1, 0.15) is 0 Å². The largest absolute Gasteiger partial charge is 0.338 e.